The largest absolute Gasteiger partial charge is 0.454 e. The molecule has 1 spiro atoms. The molecule has 0 aromatic heterocycles. The van der Waals surface area contributed by atoms with Crippen molar-refractivity contribution in [3.05, 3.63) is 52.6 Å². The standard InChI is InChI=1S/C19H15NO3/c1-10-3-4-15-14(5-10)19(11(2)20-15)8-12-6-16-17(23-9-22-16)7-13(12)18(19)21/h3-7H,8-9H2,1-2H3. The van der Waals surface area contributed by atoms with E-state index in [0.29, 0.717) is 12.2 Å². The zero-order valence-corrected chi connectivity index (χ0v) is 13.0. The molecule has 0 bridgehead atoms. The van der Waals surface area contributed by atoms with Gasteiger partial charge in [-0.05, 0) is 49.6 Å². The highest BCUT2D eigenvalue weighted by Crippen LogP contribution is 2.51. The van der Waals surface area contributed by atoms with E-state index in [4.69, 9.17) is 9.47 Å². The van der Waals surface area contributed by atoms with Gasteiger partial charge in [0, 0.05) is 11.3 Å². The van der Waals surface area contributed by atoms with E-state index in [-0.39, 0.29) is 12.6 Å². The van der Waals surface area contributed by atoms with Gasteiger partial charge in [0.2, 0.25) is 6.79 Å². The summed E-state index contributed by atoms with van der Waals surface area (Å²) in [5.74, 6) is 1.51. The highest BCUT2D eigenvalue weighted by atomic mass is 16.7. The van der Waals surface area contributed by atoms with Crippen molar-refractivity contribution in [2.45, 2.75) is 25.7 Å². The Labute approximate surface area is 133 Å². The van der Waals surface area contributed by atoms with Gasteiger partial charge in [0.1, 0.15) is 5.41 Å². The van der Waals surface area contributed by atoms with E-state index in [0.717, 1.165) is 39.4 Å². The Hall–Kier alpha value is -2.62. The maximum Gasteiger partial charge on any atom is 0.231 e. The number of carbonyl (C=O) groups is 1. The summed E-state index contributed by atoms with van der Waals surface area (Å²) in [6.07, 6.45) is 0.642. The topological polar surface area (TPSA) is 47.9 Å². The summed E-state index contributed by atoms with van der Waals surface area (Å²) in [6.45, 7) is 4.23. The van der Waals surface area contributed by atoms with Crippen LogP contribution in [-0.2, 0) is 11.8 Å². The lowest BCUT2D eigenvalue weighted by atomic mass is 9.74. The van der Waals surface area contributed by atoms with Crippen molar-refractivity contribution in [2.75, 3.05) is 6.79 Å². The number of ether oxygens (including phenoxy) is 2. The van der Waals surface area contributed by atoms with E-state index in [2.05, 4.69) is 11.1 Å². The first-order valence-corrected chi connectivity index (χ1v) is 7.74. The van der Waals surface area contributed by atoms with Gasteiger partial charge in [-0.3, -0.25) is 9.79 Å². The van der Waals surface area contributed by atoms with Crippen LogP contribution in [0.4, 0.5) is 5.69 Å². The predicted molar refractivity (Wildman–Crippen MR) is 86.2 cm³/mol. The van der Waals surface area contributed by atoms with E-state index in [9.17, 15) is 4.79 Å². The fourth-order valence-electron chi connectivity index (χ4n) is 4.01. The highest BCUT2D eigenvalue weighted by molar-refractivity contribution is 6.26. The molecule has 4 nitrogen and oxygen atoms in total. The van der Waals surface area contributed by atoms with Gasteiger partial charge in [-0.1, -0.05) is 17.7 Å². The first-order valence-electron chi connectivity index (χ1n) is 7.74. The van der Waals surface area contributed by atoms with Crippen molar-refractivity contribution in [2.24, 2.45) is 4.99 Å². The molecule has 0 saturated heterocycles. The number of hydrogen-bond acceptors (Lipinski definition) is 4. The summed E-state index contributed by atoms with van der Waals surface area (Å²) in [4.78, 5) is 18.0. The van der Waals surface area contributed by atoms with Crippen LogP contribution in [0.15, 0.2) is 35.3 Å². The third kappa shape index (κ3) is 1.46. The molecular weight excluding hydrogens is 290 g/mol. The van der Waals surface area contributed by atoms with Crippen LogP contribution in [-0.4, -0.2) is 18.3 Å². The lowest BCUT2D eigenvalue weighted by Crippen LogP contribution is -2.38. The van der Waals surface area contributed by atoms with Gasteiger partial charge in [-0.2, -0.15) is 0 Å². The van der Waals surface area contributed by atoms with E-state index in [1.165, 1.54) is 0 Å². The number of benzene rings is 2. The van der Waals surface area contributed by atoms with Crippen molar-refractivity contribution < 1.29 is 14.3 Å². The van der Waals surface area contributed by atoms with Gasteiger partial charge in [0.15, 0.2) is 17.3 Å². The van der Waals surface area contributed by atoms with Gasteiger partial charge >= 0.3 is 0 Å². The van der Waals surface area contributed by atoms with E-state index < -0.39 is 5.41 Å². The summed E-state index contributed by atoms with van der Waals surface area (Å²) in [5.41, 5.74) is 5.06. The summed E-state index contributed by atoms with van der Waals surface area (Å²) in [6, 6.07) is 9.92. The zero-order chi connectivity index (χ0) is 15.8. The molecule has 4 heteroatoms. The molecule has 5 rings (SSSR count). The van der Waals surface area contributed by atoms with Crippen LogP contribution in [0.5, 0.6) is 11.5 Å². The molecule has 0 radical (unpaired) electrons. The molecule has 0 N–H and O–H groups in total. The Balaban J connectivity index is 1.73. The highest BCUT2D eigenvalue weighted by Gasteiger charge is 2.53. The number of nitrogens with zero attached hydrogens (tertiary/aromatic N) is 1. The Morgan fingerprint density at radius 1 is 1.09 bits per heavy atom. The average Bonchev–Trinajstić information content (AvgIpc) is 3.17. The first kappa shape index (κ1) is 12.9. The maximum atomic E-state index is 13.3. The second kappa shape index (κ2) is 4.02. The van der Waals surface area contributed by atoms with Crippen LogP contribution in [0.1, 0.15) is 34.0 Å². The average molecular weight is 305 g/mol. The minimum absolute atomic E-state index is 0.122. The Morgan fingerprint density at radius 3 is 2.70 bits per heavy atom. The van der Waals surface area contributed by atoms with E-state index in [1.54, 1.807) is 0 Å². The molecule has 2 aliphatic heterocycles. The third-order valence-electron chi connectivity index (χ3n) is 5.20. The molecule has 2 aromatic rings. The third-order valence-corrected chi connectivity index (χ3v) is 5.20. The molecule has 2 heterocycles. The van der Waals surface area contributed by atoms with Crippen LogP contribution in [0.25, 0.3) is 0 Å². The molecule has 0 saturated carbocycles. The Morgan fingerprint density at radius 2 is 1.87 bits per heavy atom. The van der Waals surface area contributed by atoms with Gasteiger partial charge < -0.3 is 9.47 Å². The summed E-state index contributed by atoms with van der Waals surface area (Å²) >= 11 is 0. The summed E-state index contributed by atoms with van der Waals surface area (Å²) in [7, 11) is 0. The number of aryl methyl sites for hydroxylation is 1. The summed E-state index contributed by atoms with van der Waals surface area (Å²) in [5, 5.41) is 0. The smallest absolute Gasteiger partial charge is 0.231 e. The molecule has 1 atom stereocenters. The molecule has 1 aliphatic carbocycles. The fraction of sp³-hybridized carbons (Fsp3) is 0.263. The van der Waals surface area contributed by atoms with Crippen molar-refractivity contribution >= 4 is 17.2 Å². The van der Waals surface area contributed by atoms with Crippen LogP contribution in [0, 0.1) is 6.92 Å². The van der Waals surface area contributed by atoms with Crippen molar-refractivity contribution in [1.29, 1.82) is 0 Å². The number of fused-ring (bicyclic) bond motifs is 4. The number of rotatable bonds is 0. The molecule has 3 aliphatic rings. The van der Waals surface area contributed by atoms with Crippen LogP contribution < -0.4 is 9.47 Å². The quantitative estimate of drug-likeness (QED) is 0.748. The number of carbonyl (C=O) groups excluding carboxylic acids is 1. The molecule has 0 fully saturated rings. The van der Waals surface area contributed by atoms with Crippen molar-refractivity contribution in [3.63, 3.8) is 0 Å². The van der Waals surface area contributed by atoms with E-state index in [1.807, 2.05) is 38.1 Å². The predicted octanol–water partition coefficient (Wildman–Crippen LogP) is 3.51. The van der Waals surface area contributed by atoms with Crippen LogP contribution in [0.2, 0.25) is 0 Å². The zero-order valence-electron chi connectivity index (χ0n) is 13.0. The molecular formula is C19H15NO3. The maximum absolute atomic E-state index is 13.3. The Bertz CT molecular complexity index is 928. The van der Waals surface area contributed by atoms with Crippen molar-refractivity contribution in [3.8, 4) is 11.5 Å². The molecule has 23 heavy (non-hydrogen) atoms. The SMILES string of the molecule is CC1=Nc2ccc(C)cc2C12Cc1cc3c(cc1C2=O)OCO3. The molecule has 0 amide bonds. The second-order valence-electron chi connectivity index (χ2n) is 6.49. The summed E-state index contributed by atoms with van der Waals surface area (Å²) < 4.78 is 10.9. The first-order chi connectivity index (χ1) is 11.1. The fourth-order valence-corrected chi connectivity index (χ4v) is 4.01. The number of ketones is 1. The number of hydrogen-bond donors (Lipinski definition) is 0. The Kier molecular flexibility index (Phi) is 2.25. The van der Waals surface area contributed by atoms with E-state index >= 15 is 0 Å². The van der Waals surface area contributed by atoms with Crippen LogP contribution in [0.3, 0.4) is 0 Å². The lowest BCUT2D eigenvalue weighted by Gasteiger charge is -2.23. The normalized spacial score (nSPS) is 23.2. The number of aliphatic imine (C=N–C) groups is 1. The molecule has 1 unspecified atom stereocenters. The minimum atomic E-state index is -0.654. The van der Waals surface area contributed by atoms with Gasteiger partial charge in [-0.15, -0.1) is 0 Å². The monoisotopic (exact) mass is 305 g/mol. The van der Waals surface area contributed by atoms with Gasteiger partial charge in [0.05, 0.1) is 5.69 Å². The van der Waals surface area contributed by atoms with Gasteiger partial charge in [0.25, 0.3) is 0 Å². The molecule has 2 aromatic carbocycles. The van der Waals surface area contributed by atoms with Crippen molar-refractivity contribution in [1.82, 2.24) is 0 Å². The number of Topliss-reactive ketones (excluding diaryl/α,β-unsaturated/α-hetero) is 1. The van der Waals surface area contributed by atoms with Gasteiger partial charge in [-0.25, -0.2) is 0 Å². The van der Waals surface area contributed by atoms with Crippen LogP contribution >= 0.6 is 0 Å². The lowest BCUT2D eigenvalue weighted by molar-refractivity contribution is 0.0946. The minimum Gasteiger partial charge on any atom is -0.454 e. The second-order valence-corrected chi connectivity index (χ2v) is 6.49. The molecule has 114 valence electrons.